The van der Waals surface area contributed by atoms with E-state index in [0.717, 1.165) is 10.9 Å². The first-order valence-electron chi connectivity index (χ1n) is 5.05. The Kier molecular flexibility index (Phi) is 5.04. The molecule has 88 valence electrons. The first kappa shape index (κ1) is 12.8. The van der Waals surface area contributed by atoms with Crippen molar-refractivity contribution in [1.29, 1.82) is 0 Å². The predicted molar refractivity (Wildman–Crippen MR) is 68.1 cm³/mol. The normalized spacial score (nSPS) is 9.88. The van der Waals surface area contributed by atoms with Crippen LogP contribution in [0.4, 0.5) is 11.5 Å². The van der Waals surface area contributed by atoms with Crippen LogP contribution >= 0.6 is 15.9 Å². The summed E-state index contributed by atoms with van der Waals surface area (Å²) in [6.45, 7) is 2.90. The summed E-state index contributed by atoms with van der Waals surface area (Å²) in [7, 11) is 0. The number of halogens is 1. The number of amides is 1. The number of pyridine rings is 1. The Bertz CT molecular complexity index is 370. The lowest BCUT2D eigenvalue weighted by molar-refractivity contribution is -0.119. The third kappa shape index (κ3) is 4.06. The van der Waals surface area contributed by atoms with E-state index in [-0.39, 0.29) is 12.5 Å². The maximum atomic E-state index is 11.3. The van der Waals surface area contributed by atoms with Crippen molar-refractivity contribution in [2.24, 2.45) is 0 Å². The van der Waals surface area contributed by atoms with Crippen molar-refractivity contribution in [2.45, 2.75) is 13.3 Å². The number of anilines is 2. The molecule has 0 aliphatic carbocycles. The highest BCUT2D eigenvalue weighted by molar-refractivity contribution is 9.10. The van der Waals surface area contributed by atoms with Gasteiger partial charge < -0.3 is 16.4 Å². The number of nitrogens with zero attached hydrogens (tertiary/aromatic N) is 1. The van der Waals surface area contributed by atoms with Gasteiger partial charge in [-0.2, -0.15) is 0 Å². The standard InChI is InChI=1S/C10H15BrN4O/c1-2-3-13-9(16)6-15-10-8(11)4-7(12)5-14-10/h4-5H,2-3,6,12H2,1H3,(H,13,16)(H,14,15). The van der Waals surface area contributed by atoms with Crippen LogP contribution in [0, 0.1) is 0 Å². The van der Waals surface area contributed by atoms with E-state index in [1.54, 1.807) is 6.07 Å². The van der Waals surface area contributed by atoms with Crippen LogP contribution < -0.4 is 16.4 Å². The molecule has 0 spiro atoms. The highest BCUT2D eigenvalue weighted by atomic mass is 79.9. The summed E-state index contributed by atoms with van der Waals surface area (Å²) in [6, 6.07) is 1.74. The van der Waals surface area contributed by atoms with Crippen LogP contribution in [0.25, 0.3) is 0 Å². The van der Waals surface area contributed by atoms with Crippen LogP contribution in [0.1, 0.15) is 13.3 Å². The van der Waals surface area contributed by atoms with Crippen LogP contribution in [0.2, 0.25) is 0 Å². The average molecular weight is 287 g/mol. The number of nitrogens with two attached hydrogens (primary N) is 1. The van der Waals surface area contributed by atoms with E-state index in [1.807, 2.05) is 6.92 Å². The molecule has 0 aliphatic heterocycles. The summed E-state index contributed by atoms with van der Waals surface area (Å²) < 4.78 is 0.746. The van der Waals surface area contributed by atoms with Crippen molar-refractivity contribution in [3.8, 4) is 0 Å². The van der Waals surface area contributed by atoms with Crippen LogP contribution in [-0.4, -0.2) is 24.0 Å². The molecule has 5 nitrogen and oxygen atoms in total. The van der Waals surface area contributed by atoms with Crippen LogP contribution in [-0.2, 0) is 4.79 Å². The number of hydrogen-bond acceptors (Lipinski definition) is 4. The fraction of sp³-hybridized carbons (Fsp3) is 0.400. The predicted octanol–water partition coefficient (Wildman–Crippen LogP) is 1.36. The van der Waals surface area contributed by atoms with Gasteiger partial charge in [-0.15, -0.1) is 0 Å². The molecule has 0 saturated heterocycles. The molecular weight excluding hydrogens is 272 g/mol. The highest BCUT2D eigenvalue weighted by Crippen LogP contribution is 2.21. The molecule has 1 aromatic heterocycles. The second kappa shape index (κ2) is 6.32. The smallest absolute Gasteiger partial charge is 0.239 e. The fourth-order valence-corrected chi connectivity index (χ4v) is 1.58. The summed E-state index contributed by atoms with van der Waals surface area (Å²) in [4.78, 5) is 15.4. The van der Waals surface area contributed by atoms with Gasteiger partial charge in [-0.25, -0.2) is 4.98 Å². The zero-order valence-electron chi connectivity index (χ0n) is 9.09. The molecule has 1 heterocycles. The number of aromatic nitrogens is 1. The lowest BCUT2D eigenvalue weighted by atomic mass is 10.4. The van der Waals surface area contributed by atoms with E-state index < -0.39 is 0 Å². The molecule has 0 saturated carbocycles. The number of nitrogen functional groups attached to an aromatic ring is 1. The van der Waals surface area contributed by atoms with E-state index in [0.29, 0.717) is 18.1 Å². The Labute approximate surface area is 103 Å². The van der Waals surface area contributed by atoms with Gasteiger partial charge >= 0.3 is 0 Å². The minimum Gasteiger partial charge on any atom is -0.397 e. The largest absolute Gasteiger partial charge is 0.397 e. The number of nitrogens with one attached hydrogen (secondary N) is 2. The molecule has 4 N–H and O–H groups in total. The molecule has 0 aromatic carbocycles. The Hall–Kier alpha value is -1.30. The molecule has 16 heavy (non-hydrogen) atoms. The van der Waals surface area contributed by atoms with E-state index in [4.69, 9.17) is 5.73 Å². The number of carbonyl (C=O) groups is 1. The molecule has 1 aromatic rings. The van der Waals surface area contributed by atoms with E-state index >= 15 is 0 Å². The lowest BCUT2D eigenvalue weighted by Gasteiger charge is -2.08. The van der Waals surface area contributed by atoms with Gasteiger partial charge in [-0.1, -0.05) is 6.92 Å². The Morgan fingerprint density at radius 2 is 2.38 bits per heavy atom. The topological polar surface area (TPSA) is 80.0 Å². The maximum Gasteiger partial charge on any atom is 0.239 e. The van der Waals surface area contributed by atoms with Gasteiger partial charge in [-0.3, -0.25) is 4.79 Å². The maximum absolute atomic E-state index is 11.3. The first-order chi connectivity index (χ1) is 7.63. The molecule has 0 bridgehead atoms. The minimum atomic E-state index is -0.0487. The van der Waals surface area contributed by atoms with Crippen molar-refractivity contribution in [3.63, 3.8) is 0 Å². The molecular formula is C10H15BrN4O. The average Bonchev–Trinajstić information content (AvgIpc) is 2.25. The molecule has 1 amide bonds. The van der Waals surface area contributed by atoms with Crippen molar-refractivity contribution in [1.82, 2.24) is 10.3 Å². The zero-order chi connectivity index (χ0) is 12.0. The van der Waals surface area contributed by atoms with Gasteiger partial charge in [0.15, 0.2) is 0 Å². The van der Waals surface area contributed by atoms with Crippen molar-refractivity contribution in [3.05, 3.63) is 16.7 Å². The molecule has 1 rings (SSSR count). The van der Waals surface area contributed by atoms with Gasteiger partial charge in [0, 0.05) is 6.54 Å². The monoisotopic (exact) mass is 286 g/mol. The minimum absolute atomic E-state index is 0.0487. The SMILES string of the molecule is CCCNC(=O)CNc1ncc(N)cc1Br. The van der Waals surface area contributed by atoms with Gasteiger partial charge in [0.05, 0.1) is 22.9 Å². The van der Waals surface area contributed by atoms with Gasteiger partial charge in [-0.05, 0) is 28.4 Å². The Balaban J connectivity index is 2.45. The lowest BCUT2D eigenvalue weighted by Crippen LogP contribution is -2.30. The number of hydrogen-bond donors (Lipinski definition) is 3. The summed E-state index contributed by atoms with van der Waals surface area (Å²) in [5.74, 6) is 0.563. The van der Waals surface area contributed by atoms with Gasteiger partial charge in [0.2, 0.25) is 5.91 Å². The number of carbonyl (C=O) groups excluding carboxylic acids is 1. The van der Waals surface area contributed by atoms with Crippen molar-refractivity contribution < 1.29 is 4.79 Å². The fourth-order valence-electron chi connectivity index (χ4n) is 1.07. The van der Waals surface area contributed by atoms with Crippen molar-refractivity contribution >= 4 is 33.3 Å². The van der Waals surface area contributed by atoms with E-state index in [2.05, 4.69) is 31.5 Å². The van der Waals surface area contributed by atoms with E-state index in [9.17, 15) is 4.79 Å². The molecule has 0 unspecified atom stereocenters. The molecule has 0 fully saturated rings. The van der Waals surface area contributed by atoms with E-state index in [1.165, 1.54) is 6.20 Å². The van der Waals surface area contributed by atoms with Gasteiger partial charge in [0.25, 0.3) is 0 Å². The highest BCUT2D eigenvalue weighted by Gasteiger charge is 2.04. The third-order valence-electron chi connectivity index (χ3n) is 1.85. The Morgan fingerprint density at radius 1 is 1.62 bits per heavy atom. The number of rotatable bonds is 5. The van der Waals surface area contributed by atoms with Crippen molar-refractivity contribution in [2.75, 3.05) is 24.1 Å². The summed E-state index contributed by atoms with van der Waals surface area (Å²) in [6.07, 6.45) is 2.46. The quantitative estimate of drug-likeness (QED) is 0.764. The molecule has 0 aliphatic rings. The third-order valence-corrected chi connectivity index (χ3v) is 2.46. The first-order valence-corrected chi connectivity index (χ1v) is 5.84. The summed E-state index contributed by atoms with van der Waals surface area (Å²) in [5, 5.41) is 5.69. The second-order valence-corrected chi connectivity index (χ2v) is 4.16. The molecule has 0 atom stereocenters. The van der Waals surface area contributed by atoms with Crippen LogP contribution in [0.15, 0.2) is 16.7 Å². The molecule has 6 heteroatoms. The Morgan fingerprint density at radius 3 is 3.00 bits per heavy atom. The van der Waals surface area contributed by atoms with Crippen LogP contribution in [0.5, 0.6) is 0 Å². The van der Waals surface area contributed by atoms with Gasteiger partial charge in [0.1, 0.15) is 5.82 Å². The zero-order valence-corrected chi connectivity index (χ0v) is 10.7. The second-order valence-electron chi connectivity index (χ2n) is 3.30. The summed E-state index contributed by atoms with van der Waals surface area (Å²) in [5.41, 5.74) is 6.13. The molecule has 0 radical (unpaired) electrons. The summed E-state index contributed by atoms with van der Waals surface area (Å²) >= 11 is 3.31. The van der Waals surface area contributed by atoms with Crippen LogP contribution in [0.3, 0.4) is 0 Å².